The molecule has 19 heteroatoms. The molecule has 1 aromatic rings. The number of hydrogen-bond acceptors (Lipinski definition) is 11. The number of methoxy groups -OCH3 is 2. The summed E-state index contributed by atoms with van der Waals surface area (Å²) in [5.41, 5.74) is 0.921. The van der Waals surface area contributed by atoms with Gasteiger partial charge in [0.1, 0.15) is 12.1 Å². The van der Waals surface area contributed by atoms with Gasteiger partial charge in [-0.2, -0.15) is 13.2 Å². The van der Waals surface area contributed by atoms with Crippen LogP contribution in [0.1, 0.15) is 105 Å². The van der Waals surface area contributed by atoms with E-state index in [0.717, 1.165) is 24.8 Å². The van der Waals surface area contributed by atoms with Crippen LogP contribution in [-0.2, 0) is 43.1 Å². The average molecular weight is 929 g/mol. The zero-order valence-electron chi connectivity index (χ0n) is 40.2. The van der Waals surface area contributed by atoms with Crippen molar-refractivity contribution in [3.63, 3.8) is 0 Å². The van der Waals surface area contributed by atoms with Crippen LogP contribution in [0.4, 0.5) is 13.2 Å². The second-order valence-electron chi connectivity index (χ2n) is 17.9. The Kier molecular flexibility index (Phi) is 23.5. The fourth-order valence-corrected chi connectivity index (χ4v) is 8.52. The van der Waals surface area contributed by atoms with E-state index in [1.165, 1.54) is 5.06 Å². The summed E-state index contributed by atoms with van der Waals surface area (Å²) in [4.78, 5) is 85.4. The number of hydrogen-bond donors (Lipinski definition) is 5. The summed E-state index contributed by atoms with van der Waals surface area (Å²) in [5.74, 6) is -5.04. The summed E-state index contributed by atoms with van der Waals surface area (Å²) in [6.07, 6.45) is -2.62. The molecule has 65 heavy (non-hydrogen) atoms. The highest BCUT2D eigenvalue weighted by Crippen LogP contribution is 2.28. The number of benzene rings is 1. The smallest absolute Gasteiger partial charge is 0.475 e. The molecule has 370 valence electrons. The summed E-state index contributed by atoms with van der Waals surface area (Å²) in [6, 6.07) is 6.32. The highest BCUT2D eigenvalue weighted by molar-refractivity contribution is 5.91. The van der Waals surface area contributed by atoms with E-state index in [4.69, 9.17) is 24.2 Å². The Morgan fingerprint density at radius 3 is 1.95 bits per heavy atom. The van der Waals surface area contributed by atoms with Crippen LogP contribution in [0.2, 0.25) is 0 Å². The Morgan fingerprint density at radius 2 is 1.48 bits per heavy atom. The van der Waals surface area contributed by atoms with E-state index < -0.39 is 60.5 Å². The normalized spacial score (nSPS) is 20.8. The molecule has 2 heterocycles. The number of aliphatic carboxylic acids is 1. The number of ketones is 1. The van der Waals surface area contributed by atoms with Gasteiger partial charge < -0.3 is 40.7 Å². The fraction of sp³-hybridized carbons (Fsp3) is 0.739. The number of nitrogens with zero attached hydrogens (tertiary/aromatic N) is 2. The Balaban J connectivity index is 0.00000191. The quantitative estimate of drug-likeness (QED) is 0.109. The van der Waals surface area contributed by atoms with Crippen molar-refractivity contribution in [1.29, 1.82) is 0 Å². The summed E-state index contributed by atoms with van der Waals surface area (Å²) in [7, 11) is 6.58. The molecule has 0 saturated carbocycles. The van der Waals surface area contributed by atoms with E-state index in [1.54, 1.807) is 40.1 Å². The van der Waals surface area contributed by atoms with Gasteiger partial charge in [-0.05, 0) is 56.0 Å². The standard InChI is InChI=1S/C44H74N6O8.C2HF3O2/c1-13-28(6)39(49(10)43(54)37(27(4)5)47-42(53)36(45-9)26(2)3)35(56-11)25-34(51)32-21-22-33(46-32)40(57-12)30(8)41(52)48-38(29(7)31-19-15-14-16-20-31)44(55)50-23-17-18-24-58-50;3-2(4,5)1(6)7/h14-16,19-20,26-30,32-33,35-40,45-46H,13,17-18,21-25H2,1-12H3,(H,47,53)(H,48,52);(H,6,7)/t28-,29-,30+,32?,33-,35+,36-,37-,38-,39-,40+;/m0./s1. The van der Waals surface area contributed by atoms with Crippen molar-refractivity contribution in [2.24, 2.45) is 23.7 Å². The monoisotopic (exact) mass is 929 g/mol. The number of carboxylic acids is 1. The van der Waals surface area contributed by atoms with Crippen LogP contribution >= 0.6 is 0 Å². The first-order valence-corrected chi connectivity index (χ1v) is 22.6. The first kappa shape index (κ1) is 57.0. The minimum absolute atomic E-state index is 0.0146. The van der Waals surface area contributed by atoms with Crippen LogP contribution in [0.5, 0.6) is 0 Å². The molecule has 2 fully saturated rings. The lowest BCUT2D eigenvalue weighted by Crippen LogP contribution is -2.59. The van der Waals surface area contributed by atoms with Gasteiger partial charge >= 0.3 is 12.1 Å². The maximum absolute atomic E-state index is 14.2. The first-order valence-electron chi connectivity index (χ1n) is 22.6. The highest BCUT2D eigenvalue weighted by atomic mass is 19.4. The molecule has 3 rings (SSSR count). The number of halogens is 3. The largest absolute Gasteiger partial charge is 0.490 e. The molecule has 2 saturated heterocycles. The average Bonchev–Trinajstić information content (AvgIpc) is 3.77. The molecular formula is C46H75F3N6O10. The van der Waals surface area contributed by atoms with Crippen molar-refractivity contribution in [1.82, 2.24) is 31.2 Å². The molecule has 4 amide bonds. The summed E-state index contributed by atoms with van der Waals surface area (Å²) in [5, 5.41) is 21.0. The van der Waals surface area contributed by atoms with E-state index in [1.807, 2.05) is 78.8 Å². The molecular weight excluding hydrogens is 854 g/mol. The minimum atomic E-state index is -5.08. The van der Waals surface area contributed by atoms with Crippen LogP contribution in [0.25, 0.3) is 0 Å². The summed E-state index contributed by atoms with van der Waals surface area (Å²) in [6.45, 7) is 16.4. The van der Waals surface area contributed by atoms with E-state index in [9.17, 15) is 37.1 Å². The molecule has 0 aromatic heterocycles. The summed E-state index contributed by atoms with van der Waals surface area (Å²) < 4.78 is 43.7. The number of carboxylic acid groups (broad SMARTS) is 1. The fourth-order valence-electron chi connectivity index (χ4n) is 8.52. The molecule has 2 aliphatic rings. The van der Waals surface area contributed by atoms with Crippen LogP contribution in [-0.4, -0.2) is 147 Å². The van der Waals surface area contributed by atoms with Crippen LogP contribution in [0.3, 0.4) is 0 Å². The Hall–Kier alpha value is -4.17. The van der Waals surface area contributed by atoms with E-state index >= 15 is 0 Å². The number of Topliss-reactive ketones (excluding diaryl/α,β-unsaturated/α-hetero) is 1. The Morgan fingerprint density at radius 1 is 0.892 bits per heavy atom. The topological polar surface area (TPSA) is 205 Å². The Labute approximate surface area is 382 Å². The maximum atomic E-state index is 14.2. The van der Waals surface area contributed by atoms with Gasteiger partial charge in [0.05, 0.1) is 42.9 Å². The maximum Gasteiger partial charge on any atom is 0.490 e. The van der Waals surface area contributed by atoms with Crippen molar-refractivity contribution >= 4 is 35.4 Å². The third-order valence-corrected chi connectivity index (χ3v) is 12.6. The Bertz CT molecular complexity index is 1680. The molecule has 0 aliphatic carbocycles. The molecule has 11 atom stereocenters. The minimum Gasteiger partial charge on any atom is -0.475 e. The molecule has 1 aromatic carbocycles. The van der Waals surface area contributed by atoms with Crippen molar-refractivity contribution in [2.45, 2.75) is 154 Å². The number of rotatable bonds is 22. The van der Waals surface area contributed by atoms with Gasteiger partial charge in [-0.15, -0.1) is 0 Å². The third-order valence-electron chi connectivity index (χ3n) is 12.6. The lowest BCUT2D eigenvalue weighted by atomic mass is 9.88. The number of alkyl halides is 3. The number of likely N-dealkylation sites (N-methyl/N-ethyl adjacent to an activating group) is 2. The van der Waals surface area contributed by atoms with E-state index in [2.05, 4.69) is 21.3 Å². The zero-order chi connectivity index (χ0) is 49.3. The number of hydroxylamine groups is 2. The molecule has 0 bridgehead atoms. The number of carbonyl (C=O) groups excluding carboxylic acids is 5. The van der Waals surface area contributed by atoms with Gasteiger partial charge in [0, 0.05) is 46.2 Å². The number of nitrogens with one attached hydrogen (secondary N) is 4. The molecule has 16 nitrogen and oxygen atoms in total. The van der Waals surface area contributed by atoms with Gasteiger partial charge in [0.15, 0.2) is 5.78 Å². The van der Waals surface area contributed by atoms with Crippen LogP contribution in [0.15, 0.2) is 30.3 Å². The van der Waals surface area contributed by atoms with Gasteiger partial charge in [-0.25, -0.2) is 9.86 Å². The molecule has 2 aliphatic heterocycles. The van der Waals surface area contributed by atoms with E-state index in [-0.39, 0.29) is 65.5 Å². The van der Waals surface area contributed by atoms with Crippen molar-refractivity contribution < 1.29 is 61.4 Å². The van der Waals surface area contributed by atoms with Gasteiger partial charge in [0.25, 0.3) is 5.91 Å². The van der Waals surface area contributed by atoms with Gasteiger partial charge in [-0.1, -0.05) is 92.1 Å². The SMILES string of the molecule is CC[C@H](C)[C@@H]([C@@H](CC(=O)C1CC[C@@H]([C@H](OC)[C@@H](C)C(=O)N[C@H](C(=O)N2CCCCO2)[C@@H](C)c2ccccc2)N1)OC)N(C)C(=O)[C@@H](NC(=O)[C@@H](NC)C(C)C)C(C)C.O=C(O)C(F)(F)F. The van der Waals surface area contributed by atoms with Gasteiger partial charge in [-0.3, -0.25) is 28.8 Å². The second-order valence-corrected chi connectivity index (χ2v) is 17.9. The van der Waals surface area contributed by atoms with E-state index in [0.29, 0.717) is 26.0 Å². The predicted octanol–water partition coefficient (Wildman–Crippen LogP) is 4.47. The highest BCUT2D eigenvalue weighted by Gasteiger charge is 2.43. The summed E-state index contributed by atoms with van der Waals surface area (Å²) >= 11 is 0. The molecule has 0 radical (unpaired) electrons. The van der Waals surface area contributed by atoms with Crippen molar-refractivity contribution in [2.75, 3.05) is 41.5 Å². The predicted molar refractivity (Wildman–Crippen MR) is 238 cm³/mol. The second kappa shape index (κ2) is 26.8. The number of amides is 4. The molecule has 1 unspecified atom stereocenters. The number of ether oxygens (including phenoxy) is 2. The third kappa shape index (κ3) is 16.3. The zero-order valence-corrected chi connectivity index (χ0v) is 40.2. The molecule has 0 spiro atoms. The van der Waals surface area contributed by atoms with Crippen molar-refractivity contribution in [3.8, 4) is 0 Å². The van der Waals surface area contributed by atoms with Crippen LogP contribution < -0.4 is 21.3 Å². The van der Waals surface area contributed by atoms with Crippen molar-refractivity contribution in [3.05, 3.63) is 35.9 Å². The molecule has 5 N–H and O–H groups in total. The van der Waals surface area contributed by atoms with Gasteiger partial charge in [0.2, 0.25) is 17.7 Å². The number of carbonyl (C=O) groups is 6. The first-order chi connectivity index (χ1) is 30.5. The lowest BCUT2D eigenvalue weighted by molar-refractivity contribution is -0.200. The van der Waals surface area contributed by atoms with Crippen LogP contribution in [0, 0.1) is 23.7 Å². The lowest BCUT2D eigenvalue weighted by Gasteiger charge is -2.40.